The number of hydrogen-bond acceptors (Lipinski definition) is 6. The molecule has 0 N–H and O–H groups in total. The molecule has 0 aliphatic carbocycles. The van der Waals surface area contributed by atoms with E-state index in [1.165, 1.54) is 33.3 Å². The molecule has 6 nitrogen and oxygen atoms in total. The van der Waals surface area contributed by atoms with E-state index in [-0.39, 0.29) is 33.7 Å². The van der Waals surface area contributed by atoms with Crippen LogP contribution in [0.4, 0.5) is 0 Å². The van der Waals surface area contributed by atoms with Gasteiger partial charge in [-0.3, -0.25) is 9.59 Å². The summed E-state index contributed by atoms with van der Waals surface area (Å²) in [5.74, 6) is 0.927. The molecule has 22 heavy (non-hydrogen) atoms. The maximum Gasteiger partial charge on any atom is 0.206 e. The van der Waals surface area contributed by atoms with Gasteiger partial charge in [0.05, 0.1) is 19.6 Å². The maximum absolute atomic E-state index is 12.3. The third-order valence-electron chi connectivity index (χ3n) is 3.44. The van der Waals surface area contributed by atoms with Gasteiger partial charge in [-0.1, -0.05) is 0 Å². The Labute approximate surface area is 125 Å². The number of methoxy groups -OCH3 is 2. The van der Waals surface area contributed by atoms with Crippen molar-refractivity contribution in [3.8, 4) is 11.5 Å². The Kier molecular flexibility index (Phi) is 3.16. The minimum atomic E-state index is -0.249. The monoisotopic (exact) mass is 302 g/mol. The van der Waals surface area contributed by atoms with Crippen molar-refractivity contribution in [2.45, 2.75) is 13.8 Å². The van der Waals surface area contributed by atoms with Gasteiger partial charge in [0.2, 0.25) is 5.75 Å². The van der Waals surface area contributed by atoms with Crippen LogP contribution >= 0.6 is 0 Å². The van der Waals surface area contributed by atoms with E-state index in [1.54, 1.807) is 6.92 Å². The highest BCUT2D eigenvalue weighted by Gasteiger charge is 2.24. The molecule has 0 aliphatic heterocycles. The molecule has 0 radical (unpaired) electrons. The summed E-state index contributed by atoms with van der Waals surface area (Å²) in [7, 11) is 2.89. The van der Waals surface area contributed by atoms with Crippen LogP contribution in [-0.2, 0) is 0 Å². The molecule has 0 saturated heterocycles. The number of ether oxygens (including phenoxy) is 2. The van der Waals surface area contributed by atoms with Crippen molar-refractivity contribution in [3.05, 3.63) is 33.9 Å². The maximum atomic E-state index is 12.3. The quantitative estimate of drug-likeness (QED) is 0.692. The van der Waals surface area contributed by atoms with Gasteiger partial charge in [-0.15, -0.1) is 0 Å². The Morgan fingerprint density at radius 2 is 1.73 bits per heavy atom. The summed E-state index contributed by atoms with van der Waals surface area (Å²) in [6.45, 7) is 3.06. The lowest BCUT2D eigenvalue weighted by atomic mass is 10.1. The Balaban J connectivity index is 2.63. The van der Waals surface area contributed by atoms with E-state index in [2.05, 4.69) is 0 Å². The second kappa shape index (κ2) is 4.91. The van der Waals surface area contributed by atoms with E-state index >= 15 is 0 Å². The zero-order valence-electron chi connectivity index (χ0n) is 12.6. The van der Waals surface area contributed by atoms with E-state index in [4.69, 9.17) is 18.3 Å². The number of carbonyl (C=O) groups is 1. The highest BCUT2D eigenvalue weighted by Crippen LogP contribution is 2.43. The highest BCUT2D eigenvalue weighted by atomic mass is 16.5. The van der Waals surface area contributed by atoms with Gasteiger partial charge in [0.1, 0.15) is 16.9 Å². The van der Waals surface area contributed by atoms with Gasteiger partial charge in [0.15, 0.2) is 28.1 Å². The second-order valence-corrected chi connectivity index (χ2v) is 4.90. The molecule has 3 rings (SSSR count). The topological polar surface area (TPSA) is 78.9 Å². The Morgan fingerprint density at radius 1 is 1.05 bits per heavy atom. The van der Waals surface area contributed by atoms with Gasteiger partial charge in [-0.25, -0.2) is 0 Å². The van der Waals surface area contributed by atoms with E-state index < -0.39 is 0 Å². The van der Waals surface area contributed by atoms with Crippen LogP contribution in [0, 0.1) is 6.92 Å². The second-order valence-electron chi connectivity index (χ2n) is 4.90. The zero-order valence-corrected chi connectivity index (χ0v) is 12.6. The first-order valence-electron chi connectivity index (χ1n) is 6.60. The van der Waals surface area contributed by atoms with Crippen LogP contribution in [0.1, 0.15) is 23.2 Å². The van der Waals surface area contributed by atoms with Gasteiger partial charge in [0.25, 0.3) is 0 Å². The standard InChI is InChI=1S/C16H14O6/c1-7-5-10(18)12-13(19-3)9-6-11(8(2)17)22-14(9)16(20-4)15(12)21-7/h5-6H,1-4H3. The fourth-order valence-corrected chi connectivity index (χ4v) is 2.52. The third-order valence-corrected chi connectivity index (χ3v) is 3.44. The normalized spacial score (nSPS) is 11.1. The number of rotatable bonds is 3. The summed E-state index contributed by atoms with van der Waals surface area (Å²) in [5.41, 5.74) is 0.300. The van der Waals surface area contributed by atoms with Crippen LogP contribution in [0.2, 0.25) is 0 Å². The molecule has 0 aliphatic rings. The van der Waals surface area contributed by atoms with Crippen LogP contribution < -0.4 is 14.9 Å². The summed E-state index contributed by atoms with van der Waals surface area (Å²) in [6.07, 6.45) is 0. The lowest BCUT2D eigenvalue weighted by Crippen LogP contribution is -2.04. The van der Waals surface area contributed by atoms with Crippen LogP contribution in [-0.4, -0.2) is 20.0 Å². The van der Waals surface area contributed by atoms with Gasteiger partial charge >= 0.3 is 0 Å². The minimum absolute atomic E-state index is 0.158. The first-order chi connectivity index (χ1) is 10.5. The number of carbonyl (C=O) groups excluding carboxylic acids is 1. The molecular formula is C16H14O6. The molecule has 0 bridgehead atoms. The van der Waals surface area contributed by atoms with Gasteiger partial charge in [-0.2, -0.15) is 0 Å². The number of aryl methyl sites for hydroxylation is 1. The number of furan rings is 1. The number of ketones is 1. The Morgan fingerprint density at radius 3 is 2.32 bits per heavy atom. The smallest absolute Gasteiger partial charge is 0.206 e. The van der Waals surface area contributed by atoms with Gasteiger partial charge in [0, 0.05) is 13.0 Å². The first kappa shape index (κ1) is 14.2. The predicted octanol–water partition coefficient (Wildman–Crippen LogP) is 3.07. The molecule has 3 aromatic rings. The van der Waals surface area contributed by atoms with E-state index in [0.29, 0.717) is 22.5 Å². The minimum Gasteiger partial charge on any atom is -0.495 e. The fourth-order valence-electron chi connectivity index (χ4n) is 2.52. The highest BCUT2D eigenvalue weighted by molar-refractivity contribution is 6.09. The van der Waals surface area contributed by atoms with Gasteiger partial charge < -0.3 is 18.3 Å². The molecule has 0 atom stereocenters. The van der Waals surface area contributed by atoms with E-state index in [0.717, 1.165) is 0 Å². The van der Waals surface area contributed by atoms with Crippen molar-refractivity contribution in [2.24, 2.45) is 0 Å². The lowest BCUT2D eigenvalue weighted by molar-refractivity contribution is 0.0989. The van der Waals surface area contributed by atoms with Crippen LogP contribution in [0.25, 0.3) is 21.9 Å². The van der Waals surface area contributed by atoms with Crippen molar-refractivity contribution in [1.82, 2.24) is 0 Å². The molecule has 0 unspecified atom stereocenters. The molecule has 114 valence electrons. The molecule has 0 amide bonds. The molecule has 2 heterocycles. The molecule has 6 heteroatoms. The predicted molar refractivity (Wildman–Crippen MR) is 80.1 cm³/mol. The van der Waals surface area contributed by atoms with Crippen molar-refractivity contribution in [3.63, 3.8) is 0 Å². The fraction of sp³-hybridized carbons (Fsp3) is 0.250. The average Bonchev–Trinajstić information content (AvgIpc) is 2.89. The van der Waals surface area contributed by atoms with Crippen molar-refractivity contribution >= 4 is 27.7 Å². The van der Waals surface area contributed by atoms with Crippen LogP contribution in [0.15, 0.2) is 25.8 Å². The molecule has 0 spiro atoms. The molecule has 0 fully saturated rings. The van der Waals surface area contributed by atoms with Gasteiger partial charge in [-0.05, 0) is 13.0 Å². The Hall–Kier alpha value is -2.76. The van der Waals surface area contributed by atoms with E-state index in [1.807, 2.05) is 0 Å². The first-order valence-corrected chi connectivity index (χ1v) is 6.60. The summed E-state index contributed by atoms with van der Waals surface area (Å²) in [5, 5.41) is 0.751. The largest absolute Gasteiger partial charge is 0.495 e. The SMILES string of the molecule is COc1c2oc(C(C)=O)cc2c(OC)c2c(=O)cc(C)oc12. The van der Waals surface area contributed by atoms with Crippen molar-refractivity contribution in [1.29, 1.82) is 0 Å². The molecule has 1 aromatic carbocycles. The number of benzene rings is 1. The summed E-state index contributed by atoms with van der Waals surface area (Å²) < 4.78 is 21.9. The van der Waals surface area contributed by atoms with Crippen LogP contribution in [0.3, 0.4) is 0 Å². The van der Waals surface area contributed by atoms with E-state index in [9.17, 15) is 9.59 Å². The van der Waals surface area contributed by atoms with Crippen molar-refractivity contribution < 1.29 is 23.1 Å². The molecule has 2 aromatic heterocycles. The third kappa shape index (κ3) is 1.88. The average molecular weight is 302 g/mol. The molecule has 0 saturated carbocycles. The number of fused-ring (bicyclic) bond motifs is 2. The number of hydrogen-bond donors (Lipinski definition) is 0. The van der Waals surface area contributed by atoms with Crippen LogP contribution in [0.5, 0.6) is 11.5 Å². The van der Waals surface area contributed by atoms with Crippen molar-refractivity contribution in [2.75, 3.05) is 14.2 Å². The Bertz CT molecular complexity index is 960. The zero-order chi connectivity index (χ0) is 16.0. The summed E-state index contributed by atoms with van der Waals surface area (Å²) >= 11 is 0. The molecular weight excluding hydrogens is 288 g/mol. The summed E-state index contributed by atoms with van der Waals surface area (Å²) in [6, 6.07) is 2.92. The summed E-state index contributed by atoms with van der Waals surface area (Å²) in [4.78, 5) is 23.9. The number of Topliss-reactive ketones (excluding diaryl/α,β-unsaturated/α-hetero) is 1. The lowest BCUT2D eigenvalue weighted by Gasteiger charge is -2.10.